The maximum atomic E-state index is 12.3. The Labute approximate surface area is 105 Å². The van der Waals surface area contributed by atoms with Gasteiger partial charge in [0.05, 0.1) is 12.8 Å². The molecule has 0 N–H and O–H groups in total. The number of alkyl halides is 1. The standard InChI is InChI=1S/C15H27FO/c1-17-15-8-6-14(7-9-15)13-4-2-12(3-5-13)10-11-16/h12-15H,2-11H2,1H3. The molecule has 0 atom stereocenters. The van der Waals surface area contributed by atoms with Crippen molar-refractivity contribution in [3.63, 3.8) is 0 Å². The fourth-order valence-electron chi connectivity index (χ4n) is 3.90. The van der Waals surface area contributed by atoms with Gasteiger partial charge in [0, 0.05) is 7.11 Å². The van der Waals surface area contributed by atoms with Crippen LogP contribution in [0.1, 0.15) is 57.8 Å². The van der Waals surface area contributed by atoms with Gasteiger partial charge in [-0.15, -0.1) is 0 Å². The molecule has 2 aliphatic rings. The Morgan fingerprint density at radius 2 is 1.41 bits per heavy atom. The fraction of sp³-hybridized carbons (Fsp3) is 1.00. The number of halogens is 1. The maximum absolute atomic E-state index is 12.3. The second-order valence-corrected chi connectivity index (χ2v) is 6.03. The van der Waals surface area contributed by atoms with Crippen molar-refractivity contribution in [3.05, 3.63) is 0 Å². The minimum absolute atomic E-state index is 0.117. The molecule has 0 bridgehead atoms. The van der Waals surface area contributed by atoms with Crippen LogP contribution in [0, 0.1) is 17.8 Å². The van der Waals surface area contributed by atoms with Gasteiger partial charge in [-0.2, -0.15) is 0 Å². The van der Waals surface area contributed by atoms with E-state index in [1.165, 1.54) is 51.4 Å². The molecular weight excluding hydrogens is 215 g/mol. The molecule has 0 heterocycles. The van der Waals surface area contributed by atoms with Crippen molar-refractivity contribution in [1.29, 1.82) is 0 Å². The van der Waals surface area contributed by atoms with Crippen LogP contribution >= 0.6 is 0 Å². The van der Waals surface area contributed by atoms with Crippen molar-refractivity contribution in [1.82, 2.24) is 0 Å². The van der Waals surface area contributed by atoms with Gasteiger partial charge in [-0.25, -0.2) is 0 Å². The first kappa shape index (κ1) is 13.3. The molecule has 1 nitrogen and oxygen atoms in total. The van der Waals surface area contributed by atoms with E-state index >= 15 is 0 Å². The molecule has 2 aliphatic carbocycles. The first-order valence-corrected chi connectivity index (χ1v) is 7.42. The lowest BCUT2D eigenvalue weighted by molar-refractivity contribution is 0.0390. The first-order chi connectivity index (χ1) is 8.33. The normalized spacial score (nSPS) is 39.2. The van der Waals surface area contributed by atoms with E-state index in [0.717, 1.165) is 18.3 Å². The van der Waals surface area contributed by atoms with Crippen LogP contribution in [-0.4, -0.2) is 19.9 Å². The van der Waals surface area contributed by atoms with Gasteiger partial charge in [-0.05, 0) is 62.7 Å². The Morgan fingerprint density at radius 1 is 0.882 bits per heavy atom. The summed E-state index contributed by atoms with van der Waals surface area (Å²) in [5, 5.41) is 0. The zero-order valence-electron chi connectivity index (χ0n) is 11.2. The number of rotatable bonds is 4. The minimum atomic E-state index is -0.117. The molecule has 0 aromatic rings. The van der Waals surface area contributed by atoms with Gasteiger partial charge in [-0.3, -0.25) is 4.39 Å². The fourth-order valence-corrected chi connectivity index (χ4v) is 3.90. The third-order valence-electron chi connectivity index (χ3n) is 5.13. The summed E-state index contributed by atoms with van der Waals surface area (Å²) in [6, 6.07) is 0. The molecule has 0 aromatic heterocycles. The van der Waals surface area contributed by atoms with Gasteiger partial charge < -0.3 is 4.74 Å². The van der Waals surface area contributed by atoms with Gasteiger partial charge in [0.1, 0.15) is 0 Å². The smallest absolute Gasteiger partial charge is 0.0897 e. The van der Waals surface area contributed by atoms with E-state index in [2.05, 4.69) is 0 Å². The Hall–Kier alpha value is -0.110. The van der Waals surface area contributed by atoms with Crippen LogP contribution in [0.2, 0.25) is 0 Å². The van der Waals surface area contributed by atoms with E-state index in [1.54, 1.807) is 0 Å². The van der Waals surface area contributed by atoms with Crippen LogP contribution in [0.5, 0.6) is 0 Å². The topological polar surface area (TPSA) is 9.23 Å². The molecule has 100 valence electrons. The summed E-state index contributed by atoms with van der Waals surface area (Å²) in [6.45, 7) is -0.117. The van der Waals surface area contributed by atoms with E-state index in [9.17, 15) is 4.39 Å². The summed E-state index contributed by atoms with van der Waals surface area (Å²) < 4.78 is 17.7. The molecular formula is C15H27FO. The third kappa shape index (κ3) is 3.67. The van der Waals surface area contributed by atoms with Crippen molar-refractivity contribution in [2.24, 2.45) is 17.8 Å². The Kier molecular flexibility index (Phi) is 5.27. The van der Waals surface area contributed by atoms with Crippen LogP contribution in [0.15, 0.2) is 0 Å². The summed E-state index contributed by atoms with van der Waals surface area (Å²) in [4.78, 5) is 0. The van der Waals surface area contributed by atoms with Gasteiger partial charge in [0.2, 0.25) is 0 Å². The first-order valence-electron chi connectivity index (χ1n) is 7.42. The molecule has 0 unspecified atom stereocenters. The van der Waals surface area contributed by atoms with Gasteiger partial charge >= 0.3 is 0 Å². The number of hydrogen-bond acceptors (Lipinski definition) is 1. The minimum Gasteiger partial charge on any atom is -0.381 e. The van der Waals surface area contributed by atoms with E-state index in [0.29, 0.717) is 12.0 Å². The second kappa shape index (κ2) is 6.72. The number of methoxy groups -OCH3 is 1. The SMILES string of the molecule is COC1CCC(C2CCC(CCF)CC2)CC1. The summed E-state index contributed by atoms with van der Waals surface area (Å²) in [5.41, 5.74) is 0. The maximum Gasteiger partial charge on any atom is 0.0897 e. The Morgan fingerprint density at radius 3 is 1.88 bits per heavy atom. The van der Waals surface area contributed by atoms with Gasteiger partial charge in [0.15, 0.2) is 0 Å². The highest BCUT2D eigenvalue weighted by molar-refractivity contribution is 4.82. The lowest BCUT2D eigenvalue weighted by Crippen LogP contribution is -2.28. The second-order valence-electron chi connectivity index (χ2n) is 6.03. The summed E-state index contributed by atoms with van der Waals surface area (Å²) in [6.07, 6.45) is 11.8. The highest BCUT2D eigenvalue weighted by Gasteiger charge is 2.30. The van der Waals surface area contributed by atoms with Crippen LogP contribution in [0.25, 0.3) is 0 Å². The van der Waals surface area contributed by atoms with Crippen molar-refractivity contribution < 1.29 is 9.13 Å². The number of hydrogen-bond donors (Lipinski definition) is 0. The van der Waals surface area contributed by atoms with Crippen molar-refractivity contribution >= 4 is 0 Å². The summed E-state index contributed by atoms with van der Waals surface area (Å²) >= 11 is 0. The van der Waals surface area contributed by atoms with Crippen LogP contribution < -0.4 is 0 Å². The Bertz CT molecular complexity index is 203. The molecule has 0 aliphatic heterocycles. The van der Waals surface area contributed by atoms with Crippen LogP contribution in [-0.2, 0) is 4.74 Å². The largest absolute Gasteiger partial charge is 0.381 e. The highest BCUT2D eigenvalue weighted by Crippen LogP contribution is 2.41. The van der Waals surface area contributed by atoms with E-state index in [1.807, 2.05) is 7.11 Å². The molecule has 0 aromatic carbocycles. The molecule has 2 saturated carbocycles. The molecule has 17 heavy (non-hydrogen) atoms. The van der Waals surface area contributed by atoms with Crippen molar-refractivity contribution in [2.75, 3.05) is 13.8 Å². The highest BCUT2D eigenvalue weighted by atomic mass is 19.1. The predicted octanol–water partition coefficient (Wildman–Crippen LogP) is 4.36. The monoisotopic (exact) mass is 242 g/mol. The molecule has 2 heteroatoms. The average Bonchev–Trinajstić information content (AvgIpc) is 2.40. The number of ether oxygens (including phenoxy) is 1. The quantitative estimate of drug-likeness (QED) is 0.712. The van der Waals surface area contributed by atoms with E-state index in [-0.39, 0.29) is 6.67 Å². The molecule has 0 saturated heterocycles. The average molecular weight is 242 g/mol. The van der Waals surface area contributed by atoms with Gasteiger partial charge in [-0.1, -0.05) is 12.8 Å². The summed E-state index contributed by atoms with van der Waals surface area (Å²) in [7, 11) is 1.84. The molecule has 0 radical (unpaired) electrons. The van der Waals surface area contributed by atoms with Crippen molar-refractivity contribution in [3.8, 4) is 0 Å². The van der Waals surface area contributed by atoms with Crippen molar-refractivity contribution in [2.45, 2.75) is 63.9 Å². The summed E-state index contributed by atoms with van der Waals surface area (Å²) in [5.74, 6) is 2.56. The molecule has 0 spiro atoms. The van der Waals surface area contributed by atoms with Crippen LogP contribution in [0.4, 0.5) is 4.39 Å². The lowest BCUT2D eigenvalue weighted by atomic mass is 9.70. The molecule has 2 rings (SSSR count). The zero-order chi connectivity index (χ0) is 12.1. The Balaban J connectivity index is 1.70. The predicted molar refractivity (Wildman–Crippen MR) is 68.8 cm³/mol. The third-order valence-corrected chi connectivity index (χ3v) is 5.13. The molecule has 0 amide bonds. The van der Waals surface area contributed by atoms with E-state index in [4.69, 9.17) is 4.74 Å². The molecule has 2 fully saturated rings. The van der Waals surface area contributed by atoms with Gasteiger partial charge in [0.25, 0.3) is 0 Å². The van der Waals surface area contributed by atoms with Crippen LogP contribution in [0.3, 0.4) is 0 Å². The lowest BCUT2D eigenvalue weighted by Gasteiger charge is -2.37. The zero-order valence-corrected chi connectivity index (χ0v) is 11.2. The van der Waals surface area contributed by atoms with E-state index < -0.39 is 0 Å².